The minimum atomic E-state index is 0.279. The molecule has 116 valence electrons. The number of allylic oxidation sites excluding steroid dienone is 1. The third-order valence-electron chi connectivity index (χ3n) is 5.43. The maximum absolute atomic E-state index is 12.3. The van der Waals surface area contributed by atoms with Crippen molar-refractivity contribution >= 4 is 11.4 Å². The van der Waals surface area contributed by atoms with E-state index in [0.717, 1.165) is 25.7 Å². The number of fused-ring (bicyclic) bond motifs is 1. The zero-order valence-corrected chi connectivity index (χ0v) is 13.4. The predicted molar refractivity (Wildman–Crippen MR) is 94.0 cm³/mol. The smallest absolute Gasteiger partial charge is 0.136 e. The Morgan fingerprint density at radius 3 is 2.00 bits per heavy atom. The molecule has 0 bridgehead atoms. The maximum atomic E-state index is 12.3. The molecule has 0 aliphatic heterocycles. The van der Waals surface area contributed by atoms with E-state index in [1.165, 1.54) is 28.7 Å². The quantitative estimate of drug-likeness (QED) is 0.738. The number of ketones is 1. The number of hydrogen-bond acceptors (Lipinski definition) is 1. The van der Waals surface area contributed by atoms with Gasteiger partial charge in [0, 0.05) is 12.3 Å². The number of benzene rings is 2. The molecule has 0 heterocycles. The van der Waals surface area contributed by atoms with Crippen LogP contribution in [0, 0.1) is 11.8 Å². The summed E-state index contributed by atoms with van der Waals surface area (Å²) in [7, 11) is 0. The maximum Gasteiger partial charge on any atom is 0.136 e. The Balaban J connectivity index is 1.81. The van der Waals surface area contributed by atoms with Crippen molar-refractivity contribution in [3.63, 3.8) is 0 Å². The highest BCUT2D eigenvalue weighted by atomic mass is 16.1. The summed E-state index contributed by atoms with van der Waals surface area (Å²) in [6.45, 7) is 0. The molecule has 1 heteroatoms. The van der Waals surface area contributed by atoms with Crippen LogP contribution in [0.25, 0.3) is 5.57 Å². The van der Waals surface area contributed by atoms with Crippen molar-refractivity contribution < 1.29 is 4.79 Å². The van der Waals surface area contributed by atoms with Crippen LogP contribution in [0.2, 0.25) is 0 Å². The van der Waals surface area contributed by atoms with Crippen molar-refractivity contribution in [3.05, 3.63) is 77.4 Å². The molecule has 2 aliphatic carbocycles. The largest absolute Gasteiger partial charge is 0.299 e. The second kappa shape index (κ2) is 6.16. The second-order valence-electron chi connectivity index (χ2n) is 6.84. The Labute approximate surface area is 138 Å². The average Bonchev–Trinajstić information content (AvgIpc) is 3.02. The molecule has 2 aromatic carbocycles. The van der Waals surface area contributed by atoms with Gasteiger partial charge in [-0.25, -0.2) is 0 Å². The van der Waals surface area contributed by atoms with E-state index < -0.39 is 0 Å². The van der Waals surface area contributed by atoms with Gasteiger partial charge < -0.3 is 0 Å². The lowest BCUT2D eigenvalue weighted by atomic mass is 9.81. The summed E-state index contributed by atoms with van der Waals surface area (Å²) in [5, 5.41) is 0. The van der Waals surface area contributed by atoms with Crippen molar-refractivity contribution in [1.29, 1.82) is 0 Å². The van der Waals surface area contributed by atoms with Crippen molar-refractivity contribution in [2.45, 2.75) is 32.1 Å². The van der Waals surface area contributed by atoms with Crippen LogP contribution < -0.4 is 0 Å². The number of Topliss-reactive ketones (excluding diaryl/α,β-unsaturated/α-hetero) is 1. The summed E-state index contributed by atoms with van der Waals surface area (Å²) >= 11 is 0. The lowest BCUT2D eigenvalue weighted by molar-refractivity contribution is -0.125. The molecule has 0 spiro atoms. The first kappa shape index (κ1) is 14.4. The zero-order chi connectivity index (χ0) is 15.6. The molecule has 0 amide bonds. The lowest BCUT2D eigenvalue weighted by Crippen LogP contribution is -2.23. The average molecular weight is 302 g/mol. The van der Waals surface area contributed by atoms with Crippen LogP contribution in [-0.4, -0.2) is 5.78 Å². The first-order valence-electron chi connectivity index (χ1n) is 8.68. The highest BCUT2D eigenvalue weighted by molar-refractivity contribution is 5.86. The summed E-state index contributed by atoms with van der Waals surface area (Å²) in [6, 6.07) is 21.3. The minimum absolute atomic E-state index is 0.279. The van der Waals surface area contributed by atoms with Crippen LogP contribution in [0.4, 0.5) is 0 Å². The molecule has 2 aromatic rings. The van der Waals surface area contributed by atoms with E-state index in [4.69, 9.17) is 0 Å². The fourth-order valence-electron chi connectivity index (χ4n) is 4.37. The molecular weight excluding hydrogens is 280 g/mol. The molecule has 2 atom stereocenters. The van der Waals surface area contributed by atoms with Crippen molar-refractivity contribution in [1.82, 2.24) is 0 Å². The fourth-order valence-corrected chi connectivity index (χ4v) is 4.37. The summed E-state index contributed by atoms with van der Waals surface area (Å²) < 4.78 is 0. The zero-order valence-electron chi connectivity index (χ0n) is 13.4. The molecule has 2 aliphatic rings. The minimum Gasteiger partial charge on any atom is -0.299 e. The van der Waals surface area contributed by atoms with Crippen LogP contribution in [-0.2, 0) is 4.79 Å². The fraction of sp³-hybridized carbons (Fsp3) is 0.318. The highest BCUT2D eigenvalue weighted by Gasteiger charge is 2.38. The number of carbonyl (C=O) groups excluding carboxylic acids is 1. The Hall–Kier alpha value is -2.15. The van der Waals surface area contributed by atoms with Gasteiger partial charge in [-0.1, -0.05) is 66.2 Å². The molecule has 0 aromatic heterocycles. The van der Waals surface area contributed by atoms with Gasteiger partial charge in [0.25, 0.3) is 0 Å². The van der Waals surface area contributed by atoms with Gasteiger partial charge in [-0.3, -0.25) is 4.79 Å². The molecule has 0 N–H and O–H groups in total. The van der Waals surface area contributed by atoms with Crippen LogP contribution >= 0.6 is 0 Å². The van der Waals surface area contributed by atoms with E-state index in [1.54, 1.807) is 0 Å². The number of rotatable bonds is 2. The van der Waals surface area contributed by atoms with E-state index >= 15 is 0 Å². The monoisotopic (exact) mass is 302 g/mol. The third kappa shape index (κ3) is 2.76. The van der Waals surface area contributed by atoms with Crippen LogP contribution in [0.1, 0.15) is 43.2 Å². The summed E-state index contributed by atoms with van der Waals surface area (Å²) in [5.74, 6) is 1.35. The van der Waals surface area contributed by atoms with E-state index in [1.807, 2.05) is 0 Å². The van der Waals surface area contributed by atoms with Gasteiger partial charge in [-0.15, -0.1) is 0 Å². The molecule has 2 unspecified atom stereocenters. The van der Waals surface area contributed by atoms with Gasteiger partial charge in [-0.2, -0.15) is 0 Å². The molecular formula is C22H22O. The Morgan fingerprint density at radius 2 is 1.43 bits per heavy atom. The van der Waals surface area contributed by atoms with E-state index in [-0.39, 0.29) is 5.92 Å². The SMILES string of the molecule is O=C1CCCC2CC(=C(c3ccccc3)c3ccccc3)CC12. The summed E-state index contributed by atoms with van der Waals surface area (Å²) in [4.78, 5) is 12.3. The van der Waals surface area contributed by atoms with Gasteiger partial charge in [0.15, 0.2) is 0 Å². The van der Waals surface area contributed by atoms with Gasteiger partial charge in [0.05, 0.1) is 0 Å². The molecule has 4 rings (SSSR count). The van der Waals surface area contributed by atoms with Crippen LogP contribution in [0.5, 0.6) is 0 Å². The highest BCUT2D eigenvalue weighted by Crippen LogP contribution is 2.46. The second-order valence-corrected chi connectivity index (χ2v) is 6.84. The van der Waals surface area contributed by atoms with Crippen LogP contribution in [0.15, 0.2) is 66.2 Å². The standard InChI is InChI=1S/C22H22O/c23-21-13-7-12-18-14-19(15-20(18)21)22(16-8-3-1-4-9-16)17-10-5-2-6-11-17/h1-6,8-11,18,20H,7,12-15H2. The molecule has 23 heavy (non-hydrogen) atoms. The Kier molecular flexibility index (Phi) is 3.87. The summed E-state index contributed by atoms with van der Waals surface area (Å²) in [6.07, 6.45) is 5.15. The molecule has 2 saturated carbocycles. The molecule has 0 saturated heterocycles. The Bertz CT molecular complexity index is 686. The third-order valence-corrected chi connectivity index (χ3v) is 5.43. The first-order valence-corrected chi connectivity index (χ1v) is 8.68. The topological polar surface area (TPSA) is 17.1 Å². The Morgan fingerprint density at radius 1 is 0.826 bits per heavy atom. The van der Waals surface area contributed by atoms with Crippen molar-refractivity contribution in [2.24, 2.45) is 11.8 Å². The predicted octanol–water partition coefficient (Wildman–Crippen LogP) is 5.27. The van der Waals surface area contributed by atoms with E-state index in [2.05, 4.69) is 60.7 Å². The van der Waals surface area contributed by atoms with Crippen LogP contribution in [0.3, 0.4) is 0 Å². The van der Waals surface area contributed by atoms with E-state index in [0.29, 0.717) is 11.7 Å². The summed E-state index contributed by atoms with van der Waals surface area (Å²) in [5.41, 5.74) is 5.39. The van der Waals surface area contributed by atoms with Crippen molar-refractivity contribution in [2.75, 3.05) is 0 Å². The molecule has 1 nitrogen and oxygen atoms in total. The normalized spacial score (nSPS) is 23.7. The van der Waals surface area contributed by atoms with Gasteiger partial charge in [0.2, 0.25) is 0 Å². The van der Waals surface area contributed by atoms with Gasteiger partial charge in [-0.05, 0) is 48.3 Å². The number of hydrogen-bond donors (Lipinski definition) is 0. The first-order chi connectivity index (χ1) is 11.3. The molecule has 0 radical (unpaired) electrons. The number of carbonyl (C=O) groups is 1. The molecule has 2 fully saturated rings. The lowest BCUT2D eigenvalue weighted by Gasteiger charge is -2.22. The van der Waals surface area contributed by atoms with Gasteiger partial charge in [0.1, 0.15) is 5.78 Å². The van der Waals surface area contributed by atoms with Gasteiger partial charge >= 0.3 is 0 Å². The van der Waals surface area contributed by atoms with E-state index in [9.17, 15) is 4.79 Å². The van der Waals surface area contributed by atoms with Crippen molar-refractivity contribution in [3.8, 4) is 0 Å².